The van der Waals surface area contributed by atoms with E-state index in [1.165, 1.54) is 46.5 Å². The number of anilines is 1. The zero-order valence-electron chi connectivity index (χ0n) is 19.5. The average molecular weight is 502 g/mol. The van der Waals surface area contributed by atoms with Crippen molar-refractivity contribution in [2.75, 3.05) is 38.7 Å². The molecule has 180 valence electrons. The summed E-state index contributed by atoms with van der Waals surface area (Å²) >= 11 is 1.31. The van der Waals surface area contributed by atoms with Crippen molar-refractivity contribution in [3.8, 4) is 17.0 Å². The number of hydrogen-bond donors (Lipinski definition) is 1. The van der Waals surface area contributed by atoms with E-state index in [1.54, 1.807) is 0 Å². The number of ether oxygens (including phenoxy) is 2. The number of carbonyl (C=O) groups excluding carboxylic acids is 1. The number of methoxy groups -OCH3 is 1. The number of nitrogens with one attached hydrogen (secondary N) is 1. The van der Waals surface area contributed by atoms with Crippen LogP contribution in [0.15, 0.2) is 40.6 Å². The Morgan fingerprint density at radius 2 is 1.79 bits per heavy atom. The molecule has 0 atom stereocenters. The molecular weight excluding hydrogens is 474 g/mol. The predicted molar refractivity (Wildman–Crippen MR) is 132 cm³/mol. The first-order valence-electron chi connectivity index (χ1n) is 10.8. The van der Waals surface area contributed by atoms with Crippen molar-refractivity contribution >= 4 is 32.4 Å². The highest BCUT2D eigenvalue weighted by Gasteiger charge is 2.28. The van der Waals surface area contributed by atoms with Crippen LogP contribution in [0, 0.1) is 20.8 Å². The van der Waals surface area contributed by atoms with Gasteiger partial charge in [-0.1, -0.05) is 17.7 Å². The first-order valence-corrected chi connectivity index (χ1v) is 13.1. The Bertz CT molecular complexity index is 1310. The number of aromatic nitrogens is 1. The Labute approximate surface area is 203 Å². The fraction of sp³-hybridized carbons (Fsp3) is 0.333. The Morgan fingerprint density at radius 1 is 1.12 bits per heavy atom. The molecule has 2 heterocycles. The van der Waals surface area contributed by atoms with Gasteiger partial charge in [0.1, 0.15) is 5.75 Å². The van der Waals surface area contributed by atoms with Gasteiger partial charge in [-0.25, -0.2) is 13.4 Å². The summed E-state index contributed by atoms with van der Waals surface area (Å²) in [7, 11) is -2.32. The molecule has 8 nitrogen and oxygen atoms in total. The largest absolute Gasteiger partial charge is 0.496 e. The number of thiazole rings is 1. The number of sulfonamides is 1. The van der Waals surface area contributed by atoms with Gasteiger partial charge in [-0.05, 0) is 50.1 Å². The number of nitrogens with zero attached hydrogens (tertiary/aromatic N) is 2. The Hall–Kier alpha value is -2.79. The fourth-order valence-electron chi connectivity index (χ4n) is 4.16. The highest BCUT2D eigenvalue weighted by molar-refractivity contribution is 7.89. The molecule has 1 aliphatic rings. The predicted octanol–water partition coefficient (Wildman–Crippen LogP) is 4.02. The van der Waals surface area contributed by atoms with E-state index in [4.69, 9.17) is 9.47 Å². The van der Waals surface area contributed by atoms with Gasteiger partial charge >= 0.3 is 0 Å². The Balaban J connectivity index is 1.61. The molecule has 34 heavy (non-hydrogen) atoms. The van der Waals surface area contributed by atoms with E-state index >= 15 is 0 Å². The van der Waals surface area contributed by atoms with E-state index < -0.39 is 15.9 Å². The summed E-state index contributed by atoms with van der Waals surface area (Å²) in [5.74, 6) is -0.213. The molecule has 1 aliphatic heterocycles. The van der Waals surface area contributed by atoms with Gasteiger partial charge in [0, 0.05) is 24.0 Å². The van der Waals surface area contributed by atoms with Crippen molar-refractivity contribution in [1.29, 1.82) is 0 Å². The molecule has 1 saturated heterocycles. The topological polar surface area (TPSA) is 97.8 Å². The van der Waals surface area contributed by atoms with Crippen LogP contribution < -0.4 is 10.1 Å². The van der Waals surface area contributed by atoms with E-state index in [-0.39, 0.29) is 29.3 Å². The maximum Gasteiger partial charge on any atom is 0.261 e. The van der Waals surface area contributed by atoms with Crippen molar-refractivity contribution in [2.24, 2.45) is 0 Å². The minimum atomic E-state index is -3.76. The molecule has 0 radical (unpaired) electrons. The molecule has 0 unspecified atom stereocenters. The van der Waals surface area contributed by atoms with Crippen LogP contribution in [-0.4, -0.2) is 57.0 Å². The molecule has 1 amide bonds. The number of carbonyl (C=O) groups is 1. The quantitative estimate of drug-likeness (QED) is 0.548. The lowest BCUT2D eigenvalue weighted by atomic mass is 9.98. The number of hydrogen-bond acceptors (Lipinski definition) is 7. The zero-order valence-corrected chi connectivity index (χ0v) is 21.2. The first-order chi connectivity index (χ1) is 16.2. The van der Waals surface area contributed by atoms with E-state index in [1.807, 2.05) is 19.2 Å². The number of benzene rings is 2. The van der Waals surface area contributed by atoms with E-state index in [9.17, 15) is 13.2 Å². The molecule has 4 rings (SSSR count). The third kappa shape index (κ3) is 4.85. The van der Waals surface area contributed by atoms with Crippen LogP contribution in [0.5, 0.6) is 5.75 Å². The minimum absolute atomic E-state index is 0.0334. The van der Waals surface area contributed by atoms with Gasteiger partial charge in [0.05, 0.1) is 36.5 Å². The van der Waals surface area contributed by atoms with Crippen LogP contribution in [0.1, 0.15) is 27.0 Å². The van der Waals surface area contributed by atoms with Crippen molar-refractivity contribution in [3.05, 3.63) is 58.0 Å². The summed E-state index contributed by atoms with van der Waals surface area (Å²) in [6, 6.07) is 8.50. The van der Waals surface area contributed by atoms with Gasteiger partial charge in [0.15, 0.2) is 5.13 Å². The monoisotopic (exact) mass is 501 g/mol. The molecule has 1 aromatic heterocycles. The van der Waals surface area contributed by atoms with Gasteiger partial charge in [0.2, 0.25) is 10.0 Å². The van der Waals surface area contributed by atoms with Gasteiger partial charge in [-0.15, -0.1) is 11.3 Å². The van der Waals surface area contributed by atoms with E-state index in [0.29, 0.717) is 18.3 Å². The molecule has 10 heteroatoms. The van der Waals surface area contributed by atoms with Crippen LogP contribution in [0.4, 0.5) is 5.13 Å². The van der Waals surface area contributed by atoms with Crippen LogP contribution in [0.2, 0.25) is 0 Å². The molecule has 0 bridgehead atoms. The molecule has 0 aliphatic carbocycles. The number of rotatable bonds is 6. The summed E-state index contributed by atoms with van der Waals surface area (Å²) in [5.41, 5.74) is 5.36. The SMILES string of the molecule is COc1ccc(S(=O)(=O)N2CCOCC2)cc1C(=O)Nc1nc(-c2c(C)cc(C)cc2C)cs1. The van der Waals surface area contributed by atoms with Crippen molar-refractivity contribution in [2.45, 2.75) is 25.7 Å². The summed E-state index contributed by atoms with van der Waals surface area (Å²) in [4.78, 5) is 17.8. The second-order valence-corrected chi connectivity index (χ2v) is 10.9. The van der Waals surface area contributed by atoms with Crippen molar-refractivity contribution in [1.82, 2.24) is 9.29 Å². The molecular formula is C24H27N3O5S2. The Morgan fingerprint density at radius 3 is 2.44 bits per heavy atom. The van der Waals surface area contributed by atoms with Crippen LogP contribution in [0.25, 0.3) is 11.3 Å². The average Bonchev–Trinajstić information content (AvgIpc) is 3.26. The second kappa shape index (κ2) is 9.83. The summed E-state index contributed by atoms with van der Waals surface area (Å²) in [6.45, 7) is 7.36. The molecule has 1 fully saturated rings. The maximum absolute atomic E-state index is 13.1. The lowest BCUT2D eigenvalue weighted by molar-refractivity contribution is 0.0730. The third-order valence-electron chi connectivity index (χ3n) is 5.68. The van der Waals surface area contributed by atoms with E-state index in [0.717, 1.165) is 22.4 Å². The van der Waals surface area contributed by atoms with Gasteiger partial charge < -0.3 is 9.47 Å². The third-order valence-corrected chi connectivity index (χ3v) is 8.33. The van der Waals surface area contributed by atoms with Crippen LogP contribution in [-0.2, 0) is 14.8 Å². The number of amides is 1. The second-order valence-electron chi connectivity index (χ2n) is 8.14. The molecule has 1 N–H and O–H groups in total. The normalized spacial score (nSPS) is 14.7. The lowest BCUT2D eigenvalue weighted by Crippen LogP contribution is -2.40. The van der Waals surface area contributed by atoms with Crippen molar-refractivity contribution in [3.63, 3.8) is 0 Å². The van der Waals surface area contributed by atoms with Crippen LogP contribution >= 0.6 is 11.3 Å². The summed E-state index contributed by atoms with van der Waals surface area (Å²) in [5, 5.41) is 5.11. The fourth-order valence-corrected chi connectivity index (χ4v) is 6.29. The minimum Gasteiger partial charge on any atom is -0.496 e. The molecule has 0 saturated carbocycles. The van der Waals surface area contributed by atoms with Crippen LogP contribution in [0.3, 0.4) is 0 Å². The van der Waals surface area contributed by atoms with Crippen molar-refractivity contribution < 1.29 is 22.7 Å². The maximum atomic E-state index is 13.1. The smallest absolute Gasteiger partial charge is 0.261 e. The Kier molecular flexibility index (Phi) is 7.04. The highest BCUT2D eigenvalue weighted by Crippen LogP contribution is 2.32. The summed E-state index contributed by atoms with van der Waals surface area (Å²) < 4.78 is 38.1. The zero-order chi connectivity index (χ0) is 24.5. The molecule has 3 aromatic rings. The molecule has 2 aromatic carbocycles. The van der Waals surface area contributed by atoms with E-state index in [2.05, 4.69) is 29.4 Å². The molecule has 0 spiro atoms. The number of aryl methyl sites for hydroxylation is 3. The van der Waals surface area contributed by atoms with Gasteiger partial charge in [-0.3, -0.25) is 10.1 Å². The standard InChI is InChI=1S/C24H27N3O5S2/c1-15-11-16(2)22(17(3)12-15)20-14-33-24(25-20)26-23(28)19-13-18(5-6-21(19)31-4)34(29,30)27-7-9-32-10-8-27/h5-6,11-14H,7-10H2,1-4H3,(H,25,26,28). The van der Waals surface area contributed by atoms with Gasteiger partial charge in [-0.2, -0.15) is 4.31 Å². The highest BCUT2D eigenvalue weighted by atomic mass is 32.2. The number of morpholine rings is 1. The lowest BCUT2D eigenvalue weighted by Gasteiger charge is -2.26. The van der Waals surface area contributed by atoms with Gasteiger partial charge in [0.25, 0.3) is 5.91 Å². The summed E-state index contributed by atoms with van der Waals surface area (Å²) in [6.07, 6.45) is 0. The first kappa shape index (κ1) is 24.3.